The standard InChI is InChI=1S/C20H21NO4.C10H13N5O4/c1-22-17-6-5-13(10-18(17)23-2)9-16-15-12-20(25-4)19(24-3)11-14(15)7-8-21-16;11-8-5-9(13-2-12-8)15(3-14-5)10-7(18)6(17)4(1-16)19-10/h5-8,10-12H,9H2,1-4H3;2-4,6-7,10,16-18H,1H2,(H2,11,12,13)/t;4-,6-,7-,10-/m.1/s1. The summed E-state index contributed by atoms with van der Waals surface area (Å²) >= 11 is 0. The quantitative estimate of drug-likeness (QED) is 0.201. The summed E-state index contributed by atoms with van der Waals surface area (Å²) in [5.41, 5.74) is 8.50. The second kappa shape index (κ2) is 13.3. The first kappa shape index (κ1) is 30.7. The van der Waals surface area contributed by atoms with Crippen LogP contribution in [0.1, 0.15) is 17.5 Å². The van der Waals surface area contributed by atoms with Crippen LogP contribution in [0.4, 0.5) is 5.82 Å². The summed E-state index contributed by atoms with van der Waals surface area (Å²) in [5, 5.41) is 30.8. The fourth-order valence-electron chi connectivity index (χ4n) is 5.05. The molecule has 5 N–H and O–H groups in total. The first-order chi connectivity index (χ1) is 21.3. The van der Waals surface area contributed by atoms with Gasteiger partial charge in [-0.05, 0) is 41.3 Å². The number of rotatable bonds is 8. The molecule has 0 spiro atoms. The number of fused-ring (bicyclic) bond motifs is 2. The Morgan fingerprint density at radius 2 is 1.55 bits per heavy atom. The molecule has 14 nitrogen and oxygen atoms in total. The van der Waals surface area contributed by atoms with Crippen LogP contribution in [0.5, 0.6) is 23.0 Å². The summed E-state index contributed by atoms with van der Waals surface area (Å²) in [7, 11) is 6.53. The van der Waals surface area contributed by atoms with E-state index in [1.54, 1.807) is 28.4 Å². The van der Waals surface area contributed by atoms with Gasteiger partial charge in [-0.1, -0.05) is 6.07 Å². The summed E-state index contributed by atoms with van der Waals surface area (Å²) in [5.74, 6) is 3.04. The lowest BCUT2D eigenvalue weighted by Gasteiger charge is -2.16. The monoisotopic (exact) mass is 606 g/mol. The number of nitrogens with zero attached hydrogens (tertiary/aromatic N) is 5. The van der Waals surface area contributed by atoms with Gasteiger partial charge in [0.05, 0.1) is 47.1 Å². The number of methoxy groups -OCH3 is 4. The molecule has 4 atom stereocenters. The molecule has 3 aromatic heterocycles. The van der Waals surface area contributed by atoms with Gasteiger partial charge in [-0.25, -0.2) is 15.0 Å². The zero-order chi connectivity index (χ0) is 31.4. The number of aliphatic hydroxyl groups excluding tert-OH is 3. The molecule has 1 saturated heterocycles. The third-order valence-electron chi connectivity index (χ3n) is 7.35. The number of pyridine rings is 1. The van der Waals surface area contributed by atoms with Crippen molar-refractivity contribution < 1.29 is 39.0 Å². The van der Waals surface area contributed by atoms with Crippen molar-refractivity contribution in [2.45, 2.75) is 31.0 Å². The van der Waals surface area contributed by atoms with Gasteiger partial charge >= 0.3 is 0 Å². The second-order valence-electron chi connectivity index (χ2n) is 9.86. The first-order valence-electron chi connectivity index (χ1n) is 13.6. The molecule has 1 fully saturated rings. The fourth-order valence-corrected chi connectivity index (χ4v) is 5.05. The van der Waals surface area contributed by atoms with Gasteiger partial charge in [0.1, 0.15) is 30.2 Å². The van der Waals surface area contributed by atoms with Crippen molar-refractivity contribution >= 4 is 27.8 Å². The van der Waals surface area contributed by atoms with E-state index in [0.29, 0.717) is 40.6 Å². The predicted molar refractivity (Wildman–Crippen MR) is 160 cm³/mol. The van der Waals surface area contributed by atoms with Gasteiger partial charge in [-0.2, -0.15) is 0 Å². The summed E-state index contributed by atoms with van der Waals surface area (Å²) in [6.07, 6.45) is 1.06. The number of nitrogen functional groups attached to an aromatic ring is 1. The lowest BCUT2D eigenvalue weighted by Crippen LogP contribution is -2.33. The van der Waals surface area contributed by atoms with Gasteiger partial charge < -0.3 is 44.7 Å². The van der Waals surface area contributed by atoms with Crippen LogP contribution in [0.2, 0.25) is 0 Å². The van der Waals surface area contributed by atoms with Crippen molar-refractivity contribution in [3.63, 3.8) is 0 Å². The third kappa shape index (κ3) is 5.88. The molecule has 1 aliphatic heterocycles. The third-order valence-corrected chi connectivity index (χ3v) is 7.35. The second-order valence-corrected chi connectivity index (χ2v) is 9.86. The summed E-state index contributed by atoms with van der Waals surface area (Å²) < 4.78 is 28.3. The number of ether oxygens (including phenoxy) is 5. The number of aliphatic hydroxyl groups is 3. The van der Waals surface area contributed by atoms with Gasteiger partial charge in [-0.3, -0.25) is 9.55 Å². The maximum Gasteiger partial charge on any atom is 0.167 e. The highest BCUT2D eigenvalue weighted by molar-refractivity contribution is 5.88. The number of hydrogen-bond donors (Lipinski definition) is 4. The van der Waals surface area contributed by atoms with Crippen LogP contribution in [-0.4, -0.2) is 93.2 Å². The molecule has 14 heteroatoms. The van der Waals surface area contributed by atoms with Crippen LogP contribution >= 0.6 is 0 Å². The van der Waals surface area contributed by atoms with Gasteiger partial charge in [0, 0.05) is 18.0 Å². The Morgan fingerprint density at radius 3 is 2.23 bits per heavy atom. The maximum atomic E-state index is 9.95. The van der Waals surface area contributed by atoms with Gasteiger partial charge in [0.2, 0.25) is 0 Å². The SMILES string of the molecule is COc1ccc(Cc2nccc3cc(OC)c(OC)cc23)cc1OC.Nc1ncnc2c1ncn2[C@@H]1O[C@H](CO)[C@@H](O)[C@H]1O. The van der Waals surface area contributed by atoms with E-state index < -0.39 is 31.1 Å². The predicted octanol–water partition coefficient (Wildman–Crippen LogP) is 1.88. The van der Waals surface area contributed by atoms with E-state index in [4.69, 9.17) is 34.5 Å². The fraction of sp³-hybridized carbons (Fsp3) is 0.333. The molecular weight excluding hydrogens is 572 g/mol. The van der Waals surface area contributed by atoms with E-state index in [-0.39, 0.29) is 5.82 Å². The Kier molecular flexibility index (Phi) is 9.25. The van der Waals surface area contributed by atoms with E-state index in [1.165, 1.54) is 17.2 Å². The molecule has 0 unspecified atom stereocenters. The van der Waals surface area contributed by atoms with Crippen molar-refractivity contribution in [3.05, 3.63) is 66.5 Å². The average Bonchev–Trinajstić information content (AvgIpc) is 3.61. The highest BCUT2D eigenvalue weighted by atomic mass is 16.6. The highest BCUT2D eigenvalue weighted by Gasteiger charge is 2.44. The molecular formula is C30H34N6O8. The van der Waals surface area contributed by atoms with Gasteiger partial charge in [-0.15, -0.1) is 0 Å². The first-order valence-corrected chi connectivity index (χ1v) is 13.6. The molecule has 1 aliphatic rings. The number of imidazole rings is 1. The molecule has 232 valence electrons. The van der Waals surface area contributed by atoms with Crippen molar-refractivity contribution in [2.75, 3.05) is 40.8 Å². The summed E-state index contributed by atoms with van der Waals surface area (Å²) in [4.78, 5) is 16.5. The largest absolute Gasteiger partial charge is 0.493 e. The number of hydrogen-bond acceptors (Lipinski definition) is 13. The average molecular weight is 607 g/mol. The van der Waals surface area contributed by atoms with Crippen LogP contribution in [0.25, 0.3) is 21.9 Å². The lowest BCUT2D eigenvalue weighted by atomic mass is 10.0. The number of nitrogens with two attached hydrogens (primary N) is 1. The molecule has 2 aromatic carbocycles. The van der Waals surface area contributed by atoms with Crippen LogP contribution in [0.3, 0.4) is 0 Å². The minimum Gasteiger partial charge on any atom is -0.493 e. The Bertz CT molecular complexity index is 1750. The Hall–Kier alpha value is -4.76. The molecule has 0 saturated carbocycles. The molecule has 4 heterocycles. The molecule has 5 aromatic rings. The normalized spacial score (nSPS) is 19.4. The van der Waals surface area contributed by atoms with Crippen molar-refractivity contribution in [1.29, 1.82) is 0 Å². The summed E-state index contributed by atoms with van der Waals surface area (Å²) in [6.45, 7) is -0.390. The van der Waals surface area contributed by atoms with Crippen molar-refractivity contribution in [1.82, 2.24) is 24.5 Å². The number of benzene rings is 2. The van der Waals surface area contributed by atoms with Crippen LogP contribution in [0.15, 0.2) is 55.2 Å². The van der Waals surface area contributed by atoms with E-state index in [2.05, 4.69) is 19.9 Å². The maximum absolute atomic E-state index is 9.95. The van der Waals surface area contributed by atoms with Crippen LogP contribution in [-0.2, 0) is 11.2 Å². The Balaban J connectivity index is 0.000000181. The molecule has 6 rings (SSSR count). The minimum absolute atomic E-state index is 0.218. The van der Waals surface area contributed by atoms with E-state index in [9.17, 15) is 10.2 Å². The zero-order valence-corrected chi connectivity index (χ0v) is 24.6. The summed E-state index contributed by atoms with van der Waals surface area (Å²) in [6, 6.07) is 11.8. The van der Waals surface area contributed by atoms with Gasteiger partial charge in [0.15, 0.2) is 40.7 Å². The van der Waals surface area contributed by atoms with Crippen LogP contribution < -0.4 is 24.7 Å². The van der Waals surface area contributed by atoms with Gasteiger partial charge in [0.25, 0.3) is 0 Å². The molecule has 44 heavy (non-hydrogen) atoms. The van der Waals surface area contributed by atoms with Crippen molar-refractivity contribution in [2.24, 2.45) is 0 Å². The van der Waals surface area contributed by atoms with E-state index >= 15 is 0 Å². The van der Waals surface area contributed by atoms with Crippen molar-refractivity contribution in [3.8, 4) is 23.0 Å². The highest BCUT2D eigenvalue weighted by Crippen LogP contribution is 2.35. The Labute approximate surface area is 252 Å². The lowest BCUT2D eigenvalue weighted by molar-refractivity contribution is -0.0511. The number of anilines is 1. The zero-order valence-electron chi connectivity index (χ0n) is 24.6. The smallest absolute Gasteiger partial charge is 0.167 e. The molecule has 0 bridgehead atoms. The van der Waals surface area contributed by atoms with E-state index in [1.807, 2.05) is 42.6 Å². The van der Waals surface area contributed by atoms with E-state index in [0.717, 1.165) is 22.0 Å². The molecule has 0 radical (unpaired) electrons. The van der Waals surface area contributed by atoms with Crippen LogP contribution in [0, 0.1) is 0 Å². The minimum atomic E-state index is -1.19. The molecule has 0 amide bonds. The molecule has 0 aliphatic carbocycles. The topological polar surface area (TPSA) is 189 Å². The Morgan fingerprint density at radius 1 is 0.841 bits per heavy atom. The number of aromatic nitrogens is 5.